The lowest BCUT2D eigenvalue weighted by Crippen LogP contribution is -2.13. The summed E-state index contributed by atoms with van der Waals surface area (Å²) in [6.07, 6.45) is 1.56. The SMILES string of the molecule is Cc1ccc(Cl)cc1Sc1ncccc1NS(=O)(=O)c1ccc([N+](=O)[O-])cc1. The molecule has 1 heterocycles. The number of pyridine rings is 1. The fraction of sp³-hybridized carbons (Fsp3) is 0.0556. The monoisotopic (exact) mass is 435 g/mol. The van der Waals surface area contributed by atoms with Crippen molar-refractivity contribution in [3.05, 3.63) is 81.5 Å². The van der Waals surface area contributed by atoms with Crippen molar-refractivity contribution in [3.63, 3.8) is 0 Å². The second-order valence-corrected chi connectivity index (χ2v) is 8.87. The summed E-state index contributed by atoms with van der Waals surface area (Å²) in [5.41, 5.74) is 1.09. The molecule has 10 heteroatoms. The van der Waals surface area contributed by atoms with Crippen LogP contribution in [0.2, 0.25) is 5.02 Å². The van der Waals surface area contributed by atoms with E-state index in [4.69, 9.17) is 11.6 Å². The standard InChI is InChI=1S/C18H14ClN3O4S2/c1-12-4-5-13(19)11-17(12)27-18-16(3-2-10-20-18)21-28(25,26)15-8-6-14(7-9-15)22(23)24/h2-11,21H,1H3. The van der Waals surface area contributed by atoms with Gasteiger partial charge >= 0.3 is 0 Å². The Bertz CT molecular complexity index is 1140. The number of anilines is 1. The van der Waals surface area contributed by atoms with E-state index in [0.717, 1.165) is 22.6 Å². The lowest BCUT2D eigenvalue weighted by molar-refractivity contribution is -0.384. The van der Waals surface area contributed by atoms with Crippen molar-refractivity contribution in [2.45, 2.75) is 21.7 Å². The van der Waals surface area contributed by atoms with Gasteiger partial charge in [0.2, 0.25) is 0 Å². The highest BCUT2D eigenvalue weighted by molar-refractivity contribution is 7.99. The number of halogens is 1. The van der Waals surface area contributed by atoms with Crippen molar-refractivity contribution in [3.8, 4) is 0 Å². The molecule has 0 aliphatic heterocycles. The first-order valence-electron chi connectivity index (χ1n) is 7.92. The lowest BCUT2D eigenvalue weighted by atomic mass is 10.2. The molecule has 3 aromatic rings. The minimum absolute atomic E-state index is 0.0863. The minimum Gasteiger partial charge on any atom is -0.277 e. The molecule has 2 aromatic carbocycles. The van der Waals surface area contributed by atoms with E-state index in [-0.39, 0.29) is 10.6 Å². The summed E-state index contributed by atoms with van der Waals surface area (Å²) in [6, 6.07) is 13.3. The zero-order valence-corrected chi connectivity index (χ0v) is 16.9. The number of hydrogen-bond acceptors (Lipinski definition) is 6. The van der Waals surface area contributed by atoms with Gasteiger partial charge in [-0.15, -0.1) is 0 Å². The third kappa shape index (κ3) is 4.61. The van der Waals surface area contributed by atoms with Crippen LogP contribution in [-0.2, 0) is 10.0 Å². The van der Waals surface area contributed by atoms with Crippen molar-refractivity contribution in [1.82, 2.24) is 4.98 Å². The molecule has 3 rings (SSSR count). The molecule has 0 amide bonds. The molecule has 0 radical (unpaired) electrons. The van der Waals surface area contributed by atoms with E-state index in [2.05, 4.69) is 9.71 Å². The van der Waals surface area contributed by atoms with Crippen LogP contribution in [0.3, 0.4) is 0 Å². The average Bonchev–Trinajstić information content (AvgIpc) is 2.66. The molecule has 0 atom stereocenters. The maximum Gasteiger partial charge on any atom is 0.269 e. The number of nitrogens with zero attached hydrogens (tertiary/aromatic N) is 2. The van der Waals surface area contributed by atoms with Crippen molar-refractivity contribution < 1.29 is 13.3 Å². The van der Waals surface area contributed by atoms with Gasteiger partial charge in [0.1, 0.15) is 5.03 Å². The van der Waals surface area contributed by atoms with Gasteiger partial charge in [0, 0.05) is 28.2 Å². The Morgan fingerprint density at radius 2 is 1.86 bits per heavy atom. The largest absolute Gasteiger partial charge is 0.277 e. The Morgan fingerprint density at radius 3 is 2.54 bits per heavy atom. The summed E-state index contributed by atoms with van der Waals surface area (Å²) < 4.78 is 27.8. The second-order valence-electron chi connectivity index (χ2n) is 5.72. The third-order valence-electron chi connectivity index (χ3n) is 3.73. The normalized spacial score (nSPS) is 11.2. The number of aromatic nitrogens is 1. The maximum atomic E-state index is 12.7. The number of nitro benzene ring substituents is 1. The second kappa shape index (κ2) is 8.17. The van der Waals surface area contributed by atoms with Gasteiger partial charge in [-0.2, -0.15) is 0 Å². The molecule has 0 aliphatic rings. The number of nitrogens with one attached hydrogen (secondary N) is 1. The molecule has 0 aliphatic carbocycles. The Morgan fingerprint density at radius 1 is 1.14 bits per heavy atom. The highest BCUT2D eigenvalue weighted by Crippen LogP contribution is 2.35. The molecule has 1 N–H and O–H groups in total. The van der Waals surface area contributed by atoms with Crippen molar-refractivity contribution >= 4 is 44.8 Å². The fourth-order valence-electron chi connectivity index (χ4n) is 2.29. The first-order chi connectivity index (χ1) is 13.3. The molecule has 0 fully saturated rings. The summed E-state index contributed by atoms with van der Waals surface area (Å²) >= 11 is 7.34. The zero-order valence-electron chi connectivity index (χ0n) is 14.5. The zero-order chi connectivity index (χ0) is 20.3. The number of benzene rings is 2. The molecule has 0 unspecified atom stereocenters. The van der Waals surface area contributed by atoms with Crippen LogP contribution in [0.4, 0.5) is 11.4 Å². The number of rotatable bonds is 6. The highest BCUT2D eigenvalue weighted by atomic mass is 35.5. The van der Waals surface area contributed by atoms with E-state index >= 15 is 0 Å². The van der Waals surface area contributed by atoms with E-state index in [9.17, 15) is 18.5 Å². The Labute approximate surface area is 171 Å². The first kappa shape index (κ1) is 20.1. The smallest absolute Gasteiger partial charge is 0.269 e. The lowest BCUT2D eigenvalue weighted by Gasteiger charge is -2.12. The van der Waals surface area contributed by atoms with Crippen LogP contribution in [0.5, 0.6) is 0 Å². The van der Waals surface area contributed by atoms with Gasteiger partial charge in [-0.25, -0.2) is 13.4 Å². The number of non-ortho nitro benzene ring substituents is 1. The molecule has 0 saturated carbocycles. The van der Waals surface area contributed by atoms with Crippen LogP contribution < -0.4 is 4.72 Å². The van der Waals surface area contributed by atoms with Crippen molar-refractivity contribution in [2.75, 3.05) is 4.72 Å². The van der Waals surface area contributed by atoms with Crippen LogP contribution in [0.1, 0.15) is 5.56 Å². The summed E-state index contributed by atoms with van der Waals surface area (Å²) in [5.74, 6) is 0. The number of hydrogen-bond donors (Lipinski definition) is 1. The van der Waals surface area contributed by atoms with Gasteiger partial charge in [0.15, 0.2) is 0 Å². The molecule has 0 spiro atoms. The van der Waals surface area contributed by atoms with E-state index in [1.165, 1.54) is 23.9 Å². The molecular weight excluding hydrogens is 422 g/mol. The van der Waals surface area contributed by atoms with Gasteiger partial charge in [-0.1, -0.05) is 29.4 Å². The van der Waals surface area contributed by atoms with E-state index < -0.39 is 14.9 Å². The number of sulfonamides is 1. The number of aryl methyl sites for hydroxylation is 1. The summed E-state index contributed by atoms with van der Waals surface area (Å²) in [6.45, 7) is 1.92. The topological polar surface area (TPSA) is 102 Å². The highest BCUT2D eigenvalue weighted by Gasteiger charge is 2.18. The van der Waals surface area contributed by atoms with Crippen LogP contribution in [0.25, 0.3) is 0 Å². The van der Waals surface area contributed by atoms with Gasteiger partial charge in [0.05, 0.1) is 15.5 Å². The van der Waals surface area contributed by atoms with Gasteiger partial charge in [-0.05, 0) is 48.9 Å². The Kier molecular flexibility index (Phi) is 5.87. The van der Waals surface area contributed by atoms with E-state index in [0.29, 0.717) is 15.7 Å². The average molecular weight is 436 g/mol. The quantitative estimate of drug-likeness (QED) is 0.436. The summed E-state index contributed by atoms with van der Waals surface area (Å²) in [5, 5.41) is 11.8. The molecule has 0 bridgehead atoms. The predicted molar refractivity (Wildman–Crippen MR) is 108 cm³/mol. The van der Waals surface area contributed by atoms with Gasteiger partial charge in [0.25, 0.3) is 15.7 Å². The van der Waals surface area contributed by atoms with Gasteiger partial charge < -0.3 is 0 Å². The molecule has 0 saturated heterocycles. The van der Waals surface area contributed by atoms with Crippen LogP contribution in [0, 0.1) is 17.0 Å². The maximum absolute atomic E-state index is 12.7. The minimum atomic E-state index is -3.94. The van der Waals surface area contributed by atoms with Crippen molar-refractivity contribution in [1.29, 1.82) is 0 Å². The molecule has 7 nitrogen and oxygen atoms in total. The Hall–Kier alpha value is -2.62. The van der Waals surface area contributed by atoms with Crippen LogP contribution in [-0.4, -0.2) is 18.3 Å². The molecular formula is C18H14ClN3O4S2. The summed E-state index contributed by atoms with van der Waals surface area (Å²) in [7, 11) is -3.94. The van der Waals surface area contributed by atoms with Crippen molar-refractivity contribution in [2.24, 2.45) is 0 Å². The molecule has 144 valence electrons. The third-order valence-corrected chi connectivity index (χ3v) is 6.53. The predicted octanol–water partition coefficient (Wildman–Crippen LogP) is 4.90. The molecule has 1 aromatic heterocycles. The van der Waals surface area contributed by atoms with Crippen LogP contribution >= 0.6 is 23.4 Å². The van der Waals surface area contributed by atoms with E-state index in [1.807, 2.05) is 13.0 Å². The molecule has 28 heavy (non-hydrogen) atoms. The fourth-order valence-corrected chi connectivity index (χ4v) is 4.62. The Balaban J connectivity index is 1.90. The first-order valence-corrected chi connectivity index (χ1v) is 10.6. The van der Waals surface area contributed by atoms with E-state index in [1.54, 1.807) is 30.5 Å². The van der Waals surface area contributed by atoms with Crippen LogP contribution in [0.15, 0.2) is 75.6 Å². The summed E-state index contributed by atoms with van der Waals surface area (Å²) in [4.78, 5) is 15.2. The number of nitro groups is 1. The van der Waals surface area contributed by atoms with Gasteiger partial charge in [-0.3, -0.25) is 14.8 Å².